The average molecular weight is 600 g/mol. The summed E-state index contributed by atoms with van der Waals surface area (Å²) in [5.74, 6) is -1.17. The number of rotatable bonds is 5. The fourth-order valence-electron chi connectivity index (χ4n) is 9.70. The van der Waals surface area contributed by atoms with Crippen LogP contribution in [0.25, 0.3) is 0 Å². The number of ketones is 2. The first-order valence-electron chi connectivity index (χ1n) is 15.1. The van der Waals surface area contributed by atoms with Crippen molar-refractivity contribution in [1.82, 2.24) is 10.0 Å². The number of hydrogen-bond donors (Lipinski definition) is 3. The van der Waals surface area contributed by atoms with E-state index < -0.39 is 37.8 Å². The fourth-order valence-corrected chi connectivity index (χ4v) is 10.1. The van der Waals surface area contributed by atoms with E-state index in [1.807, 2.05) is 0 Å². The van der Waals surface area contributed by atoms with Crippen LogP contribution in [0, 0.1) is 50.2 Å². The van der Waals surface area contributed by atoms with Gasteiger partial charge in [0.15, 0.2) is 11.6 Å². The number of amides is 1. The molecule has 0 heterocycles. The zero-order valence-corrected chi connectivity index (χ0v) is 26.5. The Kier molecular flexibility index (Phi) is 7.09. The molecule has 0 aromatic carbocycles. The third kappa shape index (κ3) is 4.36. The van der Waals surface area contributed by atoms with Crippen LogP contribution < -0.4 is 10.0 Å². The Hall–Kier alpha value is -2.35. The van der Waals surface area contributed by atoms with E-state index in [9.17, 15) is 33.2 Å². The van der Waals surface area contributed by atoms with Crippen molar-refractivity contribution in [3.05, 3.63) is 23.3 Å². The second-order valence-corrected chi connectivity index (χ2v) is 17.1. The van der Waals surface area contributed by atoms with Crippen molar-refractivity contribution in [3.63, 3.8) is 0 Å². The SMILES string of the molecule is C[C@]1(CNC(=O)CNS(C)(=O)=O)CC[C@]2(C)CC[C@@]3(C)[C@]4(C)CC[C@H]5CC(=O)C(C#N)=C[C@]5(C)C4=CC(=O)[C@]3(O)[C@@H]2C1. The number of nitrogens with one attached hydrogen (secondary N) is 2. The molecule has 0 aliphatic heterocycles. The molecule has 3 N–H and O–H groups in total. The largest absolute Gasteiger partial charge is 0.381 e. The average Bonchev–Trinajstić information content (AvgIpc) is 2.91. The van der Waals surface area contributed by atoms with Crippen molar-refractivity contribution in [1.29, 1.82) is 5.26 Å². The number of allylic oxidation sites excluding steroid dienone is 3. The van der Waals surface area contributed by atoms with Gasteiger partial charge in [0.2, 0.25) is 15.9 Å². The first kappa shape index (κ1) is 31.1. The summed E-state index contributed by atoms with van der Waals surface area (Å²) in [7, 11) is -3.49. The molecule has 0 radical (unpaired) electrons. The number of hydrogen-bond acceptors (Lipinski definition) is 7. The molecule has 0 spiro atoms. The highest BCUT2D eigenvalue weighted by atomic mass is 32.2. The number of fused-ring (bicyclic) bond motifs is 7. The molecule has 3 fully saturated rings. The van der Waals surface area contributed by atoms with E-state index in [1.165, 1.54) is 0 Å². The minimum atomic E-state index is -3.49. The Balaban J connectivity index is 1.51. The second kappa shape index (κ2) is 9.57. The van der Waals surface area contributed by atoms with E-state index in [-0.39, 0.29) is 46.4 Å². The maximum Gasteiger partial charge on any atom is 0.235 e. The zero-order chi connectivity index (χ0) is 31.1. The Morgan fingerprint density at radius 1 is 1.10 bits per heavy atom. The maximum atomic E-state index is 14.4. The van der Waals surface area contributed by atoms with Crippen LogP contribution in [0.5, 0.6) is 0 Å². The summed E-state index contributed by atoms with van der Waals surface area (Å²) in [4.78, 5) is 39.5. The maximum absolute atomic E-state index is 14.4. The monoisotopic (exact) mass is 599 g/mol. The molecule has 5 aliphatic carbocycles. The number of aliphatic hydroxyl groups is 1. The molecule has 9 nitrogen and oxygen atoms in total. The van der Waals surface area contributed by atoms with E-state index in [2.05, 4.69) is 50.7 Å². The Bertz CT molecular complexity index is 1460. The van der Waals surface area contributed by atoms with Crippen molar-refractivity contribution in [3.8, 4) is 6.07 Å². The molecule has 1 amide bonds. The summed E-state index contributed by atoms with van der Waals surface area (Å²) in [5, 5.41) is 25.5. The summed E-state index contributed by atoms with van der Waals surface area (Å²) in [6.45, 7) is 10.5. The van der Waals surface area contributed by atoms with Crippen LogP contribution in [-0.4, -0.2) is 55.9 Å². The van der Waals surface area contributed by atoms with Crippen LogP contribution in [0.4, 0.5) is 0 Å². The van der Waals surface area contributed by atoms with E-state index in [0.717, 1.165) is 43.9 Å². The number of carbonyl (C=O) groups is 3. The van der Waals surface area contributed by atoms with Gasteiger partial charge in [-0.05, 0) is 78.8 Å². The summed E-state index contributed by atoms with van der Waals surface area (Å²) < 4.78 is 25.0. The van der Waals surface area contributed by atoms with Gasteiger partial charge in [-0.25, -0.2) is 13.1 Å². The first-order chi connectivity index (χ1) is 19.3. The Morgan fingerprint density at radius 2 is 1.76 bits per heavy atom. The molecular formula is C32H45N3O6S. The quantitative estimate of drug-likeness (QED) is 0.438. The molecule has 0 aromatic rings. The van der Waals surface area contributed by atoms with Crippen LogP contribution in [-0.2, 0) is 24.4 Å². The molecular weight excluding hydrogens is 554 g/mol. The standard InChI is InChI=1S/C32H45N3O6S/c1-27(19-34-26(38)18-35-42(6,40)41)9-10-28(2)11-12-31(5)30(4)8-7-21-13-22(36)20(17-33)15-29(21,3)23(30)14-25(37)32(31,39)24(28)16-27/h14-15,21,24,35,39H,7-13,16,18-19H2,1-6H3,(H,34,38)/t21-,24+,27-,28+,29-,30+,31-,32+/m0/s1. The lowest BCUT2D eigenvalue weighted by atomic mass is 9.34. The summed E-state index contributed by atoms with van der Waals surface area (Å²) in [6.07, 6.45) is 10.0. The van der Waals surface area contributed by atoms with Gasteiger partial charge in [0.25, 0.3) is 0 Å². The minimum absolute atomic E-state index is 0.0108. The van der Waals surface area contributed by atoms with Crippen LogP contribution in [0.3, 0.4) is 0 Å². The third-order valence-corrected chi connectivity index (χ3v) is 13.4. The Labute approximate surface area is 249 Å². The summed E-state index contributed by atoms with van der Waals surface area (Å²) in [6, 6.07) is 2.08. The molecule has 42 heavy (non-hydrogen) atoms. The van der Waals surface area contributed by atoms with Crippen LogP contribution in [0.15, 0.2) is 23.3 Å². The lowest BCUT2D eigenvalue weighted by Gasteiger charge is -2.71. The highest BCUT2D eigenvalue weighted by Gasteiger charge is 2.74. The van der Waals surface area contributed by atoms with Crippen molar-refractivity contribution in [2.75, 3.05) is 19.3 Å². The van der Waals surface area contributed by atoms with Crippen molar-refractivity contribution < 1.29 is 27.9 Å². The summed E-state index contributed by atoms with van der Waals surface area (Å²) in [5.41, 5.74) is -3.04. The predicted molar refractivity (Wildman–Crippen MR) is 157 cm³/mol. The van der Waals surface area contributed by atoms with Gasteiger partial charge < -0.3 is 10.4 Å². The second-order valence-electron chi connectivity index (χ2n) is 15.3. The minimum Gasteiger partial charge on any atom is -0.381 e. The normalized spacial score (nSPS) is 44.8. The Morgan fingerprint density at radius 3 is 2.40 bits per heavy atom. The van der Waals surface area contributed by atoms with Gasteiger partial charge in [-0.1, -0.05) is 40.7 Å². The molecule has 5 aliphatic rings. The van der Waals surface area contributed by atoms with Crippen LogP contribution in [0.2, 0.25) is 0 Å². The number of nitrogens with zero attached hydrogens (tertiary/aromatic N) is 1. The number of nitriles is 1. The summed E-state index contributed by atoms with van der Waals surface area (Å²) >= 11 is 0. The molecule has 230 valence electrons. The number of carbonyl (C=O) groups excluding carboxylic acids is 3. The van der Waals surface area contributed by atoms with Crippen LogP contribution >= 0.6 is 0 Å². The van der Waals surface area contributed by atoms with Gasteiger partial charge >= 0.3 is 0 Å². The lowest BCUT2D eigenvalue weighted by molar-refractivity contribution is -0.242. The van der Waals surface area contributed by atoms with E-state index in [0.29, 0.717) is 25.8 Å². The van der Waals surface area contributed by atoms with Crippen LogP contribution in [0.1, 0.15) is 86.0 Å². The fraction of sp³-hybridized carbons (Fsp3) is 0.750. The van der Waals surface area contributed by atoms with E-state index in [1.54, 1.807) is 12.2 Å². The molecule has 8 atom stereocenters. The van der Waals surface area contributed by atoms with Crippen molar-refractivity contribution in [2.45, 2.75) is 91.6 Å². The predicted octanol–water partition coefficient (Wildman–Crippen LogP) is 3.35. The lowest BCUT2D eigenvalue weighted by Crippen LogP contribution is -2.73. The van der Waals surface area contributed by atoms with E-state index >= 15 is 0 Å². The highest BCUT2D eigenvalue weighted by molar-refractivity contribution is 7.88. The zero-order valence-electron chi connectivity index (χ0n) is 25.7. The van der Waals surface area contributed by atoms with Gasteiger partial charge in [0.1, 0.15) is 11.7 Å². The van der Waals surface area contributed by atoms with Gasteiger partial charge in [-0.2, -0.15) is 5.26 Å². The third-order valence-electron chi connectivity index (χ3n) is 12.8. The molecule has 0 aromatic heterocycles. The van der Waals surface area contributed by atoms with Gasteiger partial charge in [-0.3, -0.25) is 14.4 Å². The number of Topliss-reactive ketones (excluding diaryl/α,β-unsaturated/α-hetero) is 1. The van der Waals surface area contributed by atoms with Crippen molar-refractivity contribution in [2.24, 2.45) is 38.9 Å². The molecule has 0 unspecified atom stereocenters. The van der Waals surface area contributed by atoms with Crippen molar-refractivity contribution >= 4 is 27.5 Å². The molecule has 3 saturated carbocycles. The van der Waals surface area contributed by atoms with Gasteiger partial charge in [0, 0.05) is 29.7 Å². The van der Waals surface area contributed by atoms with Gasteiger partial charge in [-0.15, -0.1) is 0 Å². The first-order valence-corrected chi connectivity index (χ1v) is 17.0. The van der Waals surface area contributed by atoms with E-state index in [4.69, 9.17) is 0 Å². The molecule has 0 bridgehead atoms. The topological polar surface area (TPSA) is 153 Å². The van der Waals surface area contributed by atoms with Gasteiger partial charge in [0.05, 0.1) is 18.4 Å². The molecule has 10 heteroatoms. The smallest absolute Gasteiger partial charge is 0.235 e. The highest BCUT2D eigenvalue weighted by Crippen LogP contribution is 2.74. The number of sulfonamides is 1. The molecule has 0 saturated heterocycles. The molecule has 5 rings (SSSR count).